The zero-order valence-corrected chi connectivity index (χ0v) is 14.2. The van der Waals surface area contributed by atoms with E-state index < -0.39 is 0 Å². The molecule has 2 N–H and O–H groups in total. The lowest BCUT2D eigenvalue weighted by Crippen LogP contribution is -2.38. The second kappa shape index (κ2) is 10.2. The SMILES string of the molecule is CCNC(=NCc1cccc(C)n1)NCCCOC1CCOC1. The molecule has 1 aromatic heterocycles. The van der Waals surface area contributed by atoms with Gasteiger partial charge in [0.15, 0.2) is 5.96 Å². The van der Waals surface area contributed by atoms with E-state index in [-0.39, 0.29) is 6.10 Å². The first-order valence-electron chi connectivity index (χ1n) is 8.42. The molecular weight excluding hydrogens is 292 g/mol. The van der Waals surface area contributed by atoms with Crippen molar-refractivity contribution in [2.45, 2.75) is 39.3 Å². The van der Waals surface area contributed by atoms with Crippen LogP contribution >= 0.6 is 0 Å². The molecule has 0 saturated carbocycles. The average molecular weight is 320 g/mol. The molecule has 2 heterocycles. The van der Waals surface area contributed by atoms with Gasteiger partial charge in [0.1, 0.15) is 0 Å². The number of hydrogen-bond donors (Lipinski definition) is 2. The van der Waals surface area contributed by atoms with Gasteiger partial charge in [0.2, 0.25) is 0 Å². The largest absolute Gasteiger partial charge is 0.379 e. The first kappa shape index (κ1) is 17.7. The van der Waals surface area contributed by atoms with Crippen LogP contribution in [-0.4, -0.2) is 50.0 Å². The number of aliphatic imine (C=N–C) groups is 1. The molecular formula is C17H28N4O2. The van der Waals surface area contributed by atoms with Gasteiger partial charge in [0.05, 0.1) is 24.9 Å². The van der Waals surface area contributed by atoms with Gasteiger partial charge >= 0.3 is 0 Å². The summed E-state index contributed by atoms with van der Waals surface area (Å²) < 4.78 is 11.0. The highest BCUT2D eigenvalue weighted by Gasteiger charge is 2.15. The number of ether oxygens (including phenoxy) is 2. The number of hydrogen-bond acceptors (Lipinski definition) is 4. The maximum atomic E-state index is 5.75. The van der Waals surface area contributed by atoms with Crippen LogP contribution in [0.1, 0.15) is 31.2 Å². The Morgan fingerprint density at radius 3 is 3.09 bits per heavy atom. The minimum absolute atomic E-state index is 0.282. The third-order valence-electron chi connectivity index (χ3n) is 3.54. The first-order valence-corrected chi connectivity index (χ1v) is 8.42. The van der Waals surface area contributed by atoms with Gasteiger partial charge < -0.3 is 20.1 Å². The average Bonchev–Trinajstić information content (AvgIpc) is 3.05. The van der Waals surface area contributed by atoms with Crippen molar-refractivity contribution in [2.24, 2.45) is 4.99 Å². The van der Waals surface area contributed by atoms with Crippen molar-refractivity contribution in [3.63, 3.8) is 0 Å². The summed E-state index contributed by atoms with van der Waals surface area (Å²) in [6.07, 6.45) is 2.24. The Kier molecular flexibility index (Phi) is 7.83. The third-order valence-corrected chi connectivity index (χ3v) is 3.54. The standard InChI is InChI=1S/C17H28N4O2/c1-3-18-17(20-12-15-7-4-6-14(2)21-15)19-9-5-10-23-16-8-11-22-13-16/h4,6-7,16H,3,5,8-13H2,1-2H3,(H2,18,19,20). The summed E-state index contributed by atoms with van der Waals surface area (Å²) in [5, 5.41) is 6.58. The van der Waals surface area contributed by atoms with Gasteiger partial charge in [0, 0.05) is 32.0 Å². The van der Waals surface area contributed by atoms with E-state index in [0.29, 0.717) is 6.54 Å². The first-order chi connectivity index (χ1) is 11.3. The van der Waals surface area contributed by atoms with Crippen molar-refractivity contribution in [3.05, 3.63) is 29.6 Å². The molecule has 2 rings (SSSR count). The number of aryl methyl sites for hydroxylation is 1. The molecule has 1 aliphatic rings. The molecule has 1 atom stereocenters. The Morgan fingerprint density at radius 2 is 2.35 bits per heavy atom. The molecule has 1 fully saturated rings. The number of pyridine rings is 1. The van der Waals surface area contributed by atoms with Crippen LogP contribution in [0.5, 0.6) is 0 Å². The maximum absolute atomic E-state index is 5.75. The number of nitrogens with one attached hydrogen (secondary N) is 2. The molecule has 6 nitrogen and oxygen atoms in total. The fourth-order valence-corrected chi connectivity index (χ4v) is 2.36. The van der Waals surface area contributed by atoms with Crippen LogP contribution in [0, 0.1) is 6.92 Å². The van der Waals surface area contributed by atoms with E-state index in [9.17, 15) is 0 Å². The van der Waals surface area contributed by atoms with Crippen molar-refractivity contribution >= 4 is 5.96 Å². The molecule has 0 aromatic carbocycles. The van der Waals surface area contributed by atoms with Gasteiger partial charge in [-0.15, -0.1) is 0 Å². The zero-order chi connectivity index (χ0) is 16.3. The minimum Gasteiger partial charge on any atom is -0.379 e. The summed E-state index contributed by atoms with van der Waals surface area (Å²) in [6, 6.07) is 6.00. The van der Waals surface area contributed by atoms with Crippen LogP contribution in [0.15, 0.2) is 23.2 Å². The number of guanidine groups is 1. The number of rotatable bonds is 8. The topological polar surface area (TPSA) is 67.8 Å². The van der Waals surface area contributed by atoms with E-state index in [1.54, 1.807) is 0 Å². The smallest absolute Gasteiger partial charge is 0.191 e. The summed E-state index contributed by atoms with van der Waals surface area (Å²) in [5.41, 5.74) is 2.00. The summed E-state index contributed by atoms with van der Waals surface area (Å²) in [7, 11) is 0. The van der Waals surface area contributed by atoms with Crippen LogP contribution in [-0.2, 0) is 16.0 Å². The van der Waals surface area contributed by atoms with Crippen LogP contribution in [0.3, 0.4) is 0 Å². The molecule has 1 unspecified atom stereocenters. The van der Waals surface area contributed by atoms with Crippen LogP contribution in [0.2, 0.25) is 0 Å². The summed E-state index contributed by atoms with van der Waals surface area (Å²) >= 11 is 0. The van der Waals surface area contributed by atoms with Crippen molar-refractivity contribution in [2.75, 3.05) is 32.9 Å². The molecule has 23 heavy (non-hydrogen) atoms. The third kappa shape index (κ3) is 6.97. The maximum Gasteiger partial charge on any atom is 0.191 e. The second-order valence-corrected chi connectivity index (χ2v) is 5.60. The Balaban J connectivity index is 1.68. The van der Waals surface area contributed by atoms with Gasteiger partial charge in [0.25, 0.3) is 0 Å². The van der Waals surface area contributed by atoms with Crippen molar-refractivity contribution in [1.82, 2.24) is 15.6 Å². The molecule has 0 bridgehead atoms. The van der Waals surface area contributed by atoms with E-state index in [0.717, 1.165) is 63.1 Å². The monoisotopic (exact) mass is 320 g/mol. The van der Waals surface area contributed by atoms with E-state index in [4.69, 9.17) is 9.47 Å². The highest BCUT2D eigenvalue weighted by molar-refractivity contribution is 5.79. The lowest BCUT2D eigenvalue weighted by atomic mass is 10.3. The van der Waals surface area contributed by atoms with Crippen LogP contribution in [0.4, 0.5) is 0 Å². The normalized spacial score (nSPS) is 18.2. The minimum atomic E-state index is 0.282. The summed E-state index contributed by atoms with van der Waals surface area (Å²) in [4.78, 5) is 9.04. The molecule has 0 spiro atoms. The van der Waals surface area contributed by atoms with Gasteiger partial charge in [-0.2, -0.15) is 0 Å². The lowest BCUT2D eigenvalue weighted by Gasteiger charge is -2.13. The van der Waals surface area contributed by atoms with Crippen molar-refractivity contribution < 1.29 is 9.47 Å². The molecule has 1 saturated heterocycles. The Hall–Kier alpha value is -1.66. The molecule has 1 aliphatic heterocycles. The Labute approximate surface area is 138 Å². The number of aromatic nitrogens is 1. The quantitative estimate of drug-likeness (QED) is 0.433. The predicted molar refractivity (Wildman–Crippen MR) is 91.6 cm³/mol. The van der Waals surface area contributed by atoms with E-state index in [1.807, 2.05) is 25.1 Å². The molecule has 6 heteroatoms. The van der Waals surface area contributed by atoms with Crippen molar-refractivity contribution in [1.29, 1.82) is 0 Å². The van der Waals surface area contributed by atoms with Gasteiger partial charge in [-0.25, -0.2) is 4.99 Å². The van der Waals surface area contributed by atoms with Crippen molar-refractivity contribution in [3.8, 4) is 0 Å². The summed E-state index contributed by atoms with van der Waals surface area (Å²) in [6.45, 7) is 8.61. The second-order valence-electron chi connectivity index (χ2n) is 5.60. The number of nitrogens with zero attached hydrogens (tertiary/aromatic N) is 2. The zero-order valence-electron chi connectivity index (χ0n) is 14.2. The van der Waals surface area contributed by atoms with E-state index in [1.165, 1.54) is 0 Å². The van der Waals surface area contributed by atoms with E-state index in [2.05, 4.69) is 27.5 Å². The Morgan fingerprint density at radius 1 is 1.43 bits per heavy atom. The van der Waals surface area contributed by atoms with Gasteiger partial charge in [-0.05, 0) is 38.8 Å². The predicted octanol–water partition coefficient (Wildman–Crippen LogP) is 1.64. The highest BCUT2D eigenvalue weighted by atomic mass is 16.5. The Bertz CT molecular complexity index is 487. The fraction of sp³-hybridized carbons (Fsp3) is 0.647. The van der Waals surface area contributed by atoms with Crippen LogP contribution in [0.25, 0.3) is 0 Å². The molecule has 128 valence electrons. The van der Waals surface area contributed by atoms with Gasteiger partial charge in [-0.3, -0.25) is 4.98 Å². The van der Waals surface area contributed by atoms with Crippen LogP contribution < -0.4 is 10.6 Å². The summed E-state index contributed by atoms with van der Waals surface area (Å²) in [5.74, 6) is 0.819. The molecule has 0 amide bonds. The highest BCUT2D eigenvalue weighted by Crippen LogP contribution is 2.07. The molecule has 0 aliphatic carbocycles. The lowest BCUT2D eigenvalue weighted by molar-refractivity contribution is 0.0420. The van der Waals surface area contributed by atoms with Gasteiger partial charge in [-0.1, -0.05) is 6.07 Å². The molecule has 1 aromatic rings. The fourth-order valence-electron chi connectivity index (χ4n) is 2.36. The molecule has 0 radical (unpaired) electrons. The van der Waals surface area contributed by atoms with E-state index >= 15 is 0 Å².